The summed E-state index contributed by atoms with van der Waals surface area (Å²) >= 11 is 0. The maximum atomic E-state index is 7.02. The number of fused-ring (bicyclic) bond motifs is 3. The molecule has 2 heterocycles. The summed E-state index contributed by atoms with van der Waals surface area (Å²) in [6.07, 6.45) is 8.93. The van der Waals surface area contributed by atoms with Gasteiger partial charge in [-0.05, 0) is 64.7 Å². The van der Waals surface area contributed by atoms with Crippen LogP contribution >= 0.6 is 0 Å². The monoisotopic (exact) mass is 466 g/mol. The smallest absolute Gasteiger partial charge is 0.228 e. The van der Waals surface area contributed by atoms with E-state index in [9.17, 15) is 0 Å². The van der Waals surface area contributed by atoms with Crippen LogP contribution in [0.15, 0.2) is 42.6 Å². The first-order valence-electron chi connectivity index (χ1n) is 12.9. The highest BCUT2D eigenvalue weighted by Crippen LogP contribution is 2.49. The SMILES string of the molecule is Cc1ccc2c(C)c3c(c([Si](C)(C)C)c2c1)Oc1cc(CC2CCCC2)cc2cc[n+](C)c-3c12. The minimum absolute atomic E-state index is 0.825. The van der Waals surface area contributed by atoms with Crippen molar-refractivity contribution in [2.45, 2.75) is 65.6 Å². The number of hydrogen-bond acceptors (Lipinski definition) is 1. The van der Waals surface area contributed by atoms with Crippen LogP contribution in [0.5, 0.6) is 11.5 Å². The summed E-state index contributed by atoms with van der Waals surface area (Å²) in [5, 5.41) is 6.78. The summed E-state index contributed by atoms with van der Waals surface area (Å²) in [5.41, 5.74) is 6.67. The number of aryl methyl sites for hydroxylation is 3. The minimum atomic E-state index is -1.72. The molecular formula is C31H36NOSi+. The van der Waals surface area contributed by atoms with Crippen LogP contribution in [0.4, 0.5) is 0 Å². The molecule has 0 radical (unpaired) electrons. The van der Waals surface area contributed by atoms with E-state index in [2.05, 4.69) is 87.7 Å². The van der Waals surface area contributed by atoms with Crippen LogP contribution in [-0.2, 0) is 13.5 Å². The van der Waals surface area contributed by atoms with E-state index in [0.29, 0.717) is 0 Å². The van der Waals surface area contributed by atoms with Gasteiger partial charge in [-0.2, -0.15) is 0 Å². The normalized spacial score (nSPS) is 15.7. The highest BCUT2D eigenvalue weighted by Gasteiger charge is 2.36. The van der Waals surface area contributed by atoms with Crippen molar-refractivity contribution in [2.24, 2.45) is 13.0 Å². The molecule has 1 fully saturated rings. The summed E-state index contributed by atoms with van der Waals surface area (Å²) in [4.78, 5) is 0. The average Bonchev–Trinajstić information content (AvgIpc) is 3.27. The molecule has 6 rings (SSSR count). The summed E-state index contributed by atoms with van der Waals surface area (Å²) in [5.74, 6) is 2.99. The van der Waals surface area contributed by atoms with Crippen molar-refractivity contribution in [3.63, 3.8) is 0 Å². The fraction of sp³-hybridized carbons (Fsp3) is 0.387. The molecule has 0 amide bonds. The van der Waals surface area contributed by atoms with Crippen molar-refractivity contribution >= 4 is 34.8 Å². The molecule has 0 spiro atoms. The van der Waals surface area contributed by atoms with E-state index in [4.69, 9.17) is 4.74 Å². The van der Waals surface area contributed by atoms with Crippen LogP contribution in [0.3, 0.4) is 0 Å². The molecule has 0 N–H and O–H groups in total. The second-order valence-electron chi connectivity index (χ2n) is 11.8. The van der Waals surface area contributed by atoms with Crippen LogP contribution in [0.2, 0.25) is 19.6 Å². The quantitative estimate of drug-likeness (QED) is 0.198. The number of hydrogen-bond donors (Lipinski definition) is 0. The maximum absolute atomic E-state index is 7.02. The van der Waals surface area contributed by atoms with Gasteiger partial charge in [-0.1, -0.05) is 75.2 Å². The molecule has 1 aliphatic heterocycles. The standard InChI is InChI=1S/C31H36NOSi/c1-19-11-12-24-20(2)27-29-28-23(13-14-32(29)3)17-22(16-21-9-7-8-10-21)18-26(28)33-30(27)31(25(24)15-19)34(4,5)6/h11-15,17-18,21H,7-10,16H2,1-6H3/q+1. The van der Waals surface area contributed by atoms with E-state index in [-0.39, 0.29) is 0 Å². The second-order valence-corrected chi connectivity index (χ2v) is 16.8. The van der Waals surface area contributed by atoms with Crippen LogP contribution < -0.4 is 14.5 Å². The zero-order chi connectivity index (χ0) is 23.8. The highest BCUT2D eigenvalue weighted by atomic mass is 28.3. The molecule has 1 saturated carbocycles. The molecule has 0 unspecified atom stereocenters. The number of aromatic nitrogens is 1. The van der Waals surface area contributed by atoms with Crippen molar-refractivity contribution in [1.29, 1.82) is 0 Å². The van der Waals surface area contributed by atoms with Crippen LogP contribution in [0.1, 0.15) is 42.4 Å². The molecule has 4 aromatic rings. The molecule has 1 aromatic heterocycles. The van der Waals surface area contributed by atoms with Gasteiger partial charge in [0.1, 0.15) is 18.5 Å². The Labute approximate surface area is 204 Å². The van der Waals surface area contributed by atoms with Gasteiger partial charge >= 0.3 is 0 Å². The first-order chi connectivity index (χ1) is 16.2. The van der Waals surface area contributed by atoms with Gasteiger partial charge in [0, 0.05) is 6.07 Å². The number of nitrogens with zero attached hydrogens (tertiary/aromatic N) is 1. The largest absolute Gasteiger partial charge is 0.456 e. The lowest BCUT2D eigenvalue weighted by molar-refractivity contribution is -0.659. The molecule has 0 saturated heterocycles. The molecule has 174 valence electrons. The van der Waals surface area contributed by atoms with Crippen molar-refractivity contribution in [1.82, 2.24) is 0 Å². The maximum Gasteiger partial charge on any atom is 0.228 e. The predicted molar refractivity (Wildman–Crippen MR) is 146 cm³/mol. The van der Waals surface area contributed by atoms with Gasteiger partial charge in [0.05, 0.1) is 19.0 Å². The highest BCUT2D eigenvalue weighted by molar-refractivity contribution is 6.91. The Balaban J connectivity index is 1.68. The summed E-state index contributed by atoms with van der Waals surface area (Å²) in [7, 11) is 0.465. The topological polar surface area (TPSA) is 13.1 Å². The number of rotatable bonds is 3. The molecule has 3 heteroatoms. The molecule has 0 bridgehead atoms. The summed E-state index contributed by atoms with van der Waals surface area (Å²) in [6.45, 7) is 11.8. The Bertz CT molecular complexity index is 1470. The lowest BCUT2D eigenvalue weighted by Crippen LogP contribution is -2.41. The fourth-order valence-electron chi connectivity index (χ4n) is 6.56. The third-order valence-electron chi connectivity index (χ3n) is 8.14. The van der Waals surface area contributed by atoms with Crippen molar-refractivity contribution in [3.8, 4) is 22.8 Å². The predicted octanol–water partition coefficient (Wildman–Crippen LogP) is 7.48. The zero-order valence-electron chi connectivity index (χ0n) is 21.5. The van der Waals surface area contributed by atoms with Gasteiger partial charge in [0.25, 0.3) is 0 Å². The van der Waals surface area contributed by atoms with Crippen LogP contribution in [0.25, 0.3) is 32.8 Å². The van der Waals surface area contributed by atoms with Crippen molar-refractivity contribution < 1.29 is 9.30 Å². The van der Waals surface area contributed by atoms with E-state index < -0.39 is 8.07 Å². The third-order valence-corrected chi connectivity index (χ3v) is 10.1. The molecule has 3 aromatic carbocycles. The van der Waals surface area contributed by atoms with E-state index >= 15 is 0 Å². The zero-order valence-corrected chi connectivity index (χ0v) is 22.5. The van der Waals surface area contributed by atoms with E-state index in [1.54, 1.807) is 0 Å². The van der Waals surface area contributed by atoms with Crippen molar-refractivity contribution in [3.05, 3.63) is 59.3 Å². The first-order valence-corrected chi connectivity index (χ1v) is 16.4. The molecule has 0 atom stereocenters. The Morgan fingerprint density at radius 3 is 2.47 bits per heavy atom. The summed E-state index contributed by atoms with van der Waals surface area (Å²) in [6, 6.07) is 14.0. The van der Waals surface area contributed by atoms with Gasteiger partial charge in [-0.15, -0.1) is 0 Å². The number of benzene rings is 3. The van der Waals surface area contributed by atoms with Gasteiger partial charge in [0.2, 0.25) is 5.69 Å². The van der Waals surface area contributed by atoms with Gasteiger partial charge in [-0.25, -0.2) is 4.57 Å². The van der Waals surface area contributed by atoms with Gasteiger partial charge in [-0.3, -0.25) is 0 Å². The molecule has 34 heavy (non-hydrogen) atoms. The van der Waals surface area contributed by atoms with Crippen molar-refractivity contribution in [2.75, 3.05) is 0 Å². The fourth-order valence-corrected chi connectivity index (χ4v) is 8.43. The Hall–Kier alpha value is -2.65. The molecular weight excluding hydrogens is 430 g/mol. The van der Waals surface area contributed by atoms with E-state index in [1.165, 1.54) is 86.8 Å². The van der Waals surface area contributed by atoms with Crippen LogP contribution in [0, 0.1) is 19.8 Å². The summed E-state index contributed by atoms with van der Waals surface area (Å²) < 4.78 is 9.33. The lowest BCUT2D eigenvalue weighted by atomic mass is 9.89. The average molecular weight is 467 g/mol. The van der Waals surface area contributed by atoms with Gasteiger partial charge < -0.3 is 4.74 Å². The third kappa shape index (κ3) is 3.31. The molecule has 2 aliphatic rings. The van der Waals surface area contributed by atoms with E-state index in [1.807, 2.05) is 0 Å². The Morgan fingerprint density at radius 2 is 1.74 bits per heavy atom. The van der Waals surface area contributed by atoms with Crippen LogP contribution in [-0.4, -0.2) is 8.07 Å². The van der Waals surface area contributed by atoms with Gasteiger partial charge in [0.15, 0.2) is 6.20 Å². The number of ether oxygens (including phenoxy) is 1. The number of pyridine rings is 1. The Morgan fingerprint density at radius 1 is 0.971 bits per heavy atom. The second kappa shape index (κ2) is 7.68. The minimum Gasteiger partial charge on any atom is -0.456 e. The molecule has 2 nitrogen and oxygen atoms in total. The first kappa shape index (κ1) is 21.9. The Kier molecular flexibility index (Phi) is 4.93. The van der Waals surface area contributed by atoms with E-state index in [0.717, 1.165) is 17.4 Å². The lowest BCUT2D eigenvalue weighted by Gasteiger charge is -2.30. The molecule has 1 aliphatic carbocycles.